The van der Waals surface area contributed by atoms with Gasteiger partial charge in [0.05, 0.1) is 4.90 Å². The number of rotatable bonds is 3. The van der Waals surface area contributed by atoms with Crippen molar-refractivity contribution in [3.05, 3.63) is 24.3 Å². The van der Waals surface area contributed by atoms with Crippen LogP contribution < -0.4 is 5.32 Å². The van der Waals surface area contributed by atoms with E-state index in [9.17, 15) is 21.6 Å². The second-order valence-corrected chi connectivity index (χ2v) is 6.89. The van der Waals surface area contributed by atoms with E-state index in [1.165, 1.54) is 18.6 Å². The predicted molar refractivity (Wildman–Crippen MR) is 70.2 cm³/mol. The van der Waals surface area contributed by atoms with Gasteiger partial charge in [-0.2, -0.15) is 13.2 Å². The van der Waals surface area contributed by atoms with Gasteiger partial charge < -0.3 is 5.32 Å². The molecule has 0 unspecified atom stereocenters. The molecule has 1 aromatic carbocycles. The van der Waals surface area contributed by atoms with E-state index in [0.717, 1.165) is 37.8 Å². The SMILES string of the molecule is O=S(=O)(c1ccc(NC2CCCCC2)cc1)C(F)(F)F. The molecular formula is C13H16F3NO2S. The highest BCUT2D eigenvalue weighted by molar-refractivity contribution is 7.92. The summed E-state index contributed by atoms with van der Waals surface area (Å²) in [6, 6.07) is 5.07. The first-order chi connectivity index (χ1) is 9.30. The van der Waals surface area contributed by atoms with Crippen LogP contribution >= 0.6 is 0 Å². The smallest absolute Gasteiger partial charge is 0.382 e. The largest absolute Gasteiger partial charge is 0.501 e. The Hall–Kier alpha value is -1.24. The van der Waals surface area contributed by atoms with Crippen LogP contribution in [-0.2, 0) is 9.84 Å². The summed E-state index contributed by atoms with van der Waals surface area (Å²) in [6.45, 7) is 0. The van der Waals surface area contributed by atoms with Crippen LogP contribution in [0.4, 0.5) is 18.9 Å². The summed E-state index contributed by atoms with van der Waals surface area (Å²) < 4.78 is 59.6. The molecule has 2 rings (SSSR count). The number of anilines is 1. The van der Waals surface area contributed by atoms with Crippen LogP contribution in [0.2, 0.25) is 0 Å². The van der Waals surface area contributed by atoms with Crippen LogP contribution in [0.3, 0.4) is 0 Å². The minimum absolute atomic E-state index is 0.314. The molecule has 0 atom stereocenters. The zero-order chi connectivity index (χ0) is 14.8. The second-order valence-electron chi connectivity index (χ2n) is 4.95. The number of hydrogen-bond acceptors (Lipinski definition) is 3. The van der Waals surface area contributed by atoms with Gasteiger partial charge in [0.1, 0.15) is 0 Å². The molecule has 0 bridgehead atoms. The van der Waals surface area contributed by atoms with Gasteiger partial charge in [0, 0.05) is 11.7 Å². The first kappa shape index (κ1) is 15.2. The van der Waals surface area contributed by atoms with Crippen molar-refractivity contribution >= 4 is 15.5 Å². The van der Waals surface area contributed by atoms with Gasteiger partial charge in [0.2, 0.25) is 0 Å². The van der Waals surface area contributed by atoms with Crippen molar-refractivity contribution in [2.24, 2.45) is 0 Å². The average Bonchev–Trinajstić information content (AvgIpc) is 2.39. The number of alkyl halides is 3. The van der Waals surface area contributed by atoms with Gasteiger partial charge in [-0.15, -0.1) is 0 Å². The molecule has 1 aromatic rings. The number of nitrogens with one attached hydrogen (secondary N) is 1. The highest BCUT2D eigenvalue weighted by Crippen LogP contribution is 2.31. The van der Waals surface area contributed by atoms with E-state index in [1.807, 2.05) is 0 Å². The normalized spacial score (nSPS) is 17.9. The van der Waals surface area contributed by atoms with Crippen molar-refractivity contribution in [1.82, 2.24) is 0 Å². The Kier molecular flexibility index (Phi) is 4.27. The summed E-state index contributed by atoms with van der Waals surface area (Å²) in [5, 5.41) is 3.22. The van der Waals surface area contributed by atoms with Gasteiger partial charge >= 0.3 is 5.51 Å². The quantitative estimate of drug-likeness (QED) is 0.925. The third-order valence-corrected chi connectivity index (χ3v) is 4.95. The van der Waals surface area contributed by atoms with E-state index in [1.54, 1.807) is 0 Å². The molecule has 7 heteroatoms. The van der Waals surface area contributed by atoms with Crippen molar-refractivity contribution in [3.8, 4) is 0 Å². The predicted octanol–water partition coefficient (Wildman–Crippen LogP) is 3.72. The Morgan fingerprint density at radius 3 is 2.05 bits per heavy atom. The number of sulfone groups is 1. The molecule has 1 aliphatic carbocycles. The van der Waals surface area contributed by atoms with Crippen LogP contribution in [-0.4, -0.2) is 20.0 Å². The fraction of sp³-hybridized carbons (Fsp3) is 0.538. The zero-order valence-corrected chi connectivity index (χ0v) is 11.6. The molecule has 0 amide bonds. The Morgan fingerprint density at radius 2 is 1.55 bits per heavy atom. The summed E-state index contributed by atoms with van der Waals surface area (Å²) in [6.07, 6.45) is 5.54. The van der Waals surface area contributed by atoms with E-state index in [-0.39, 0.29) is 0 Å². The summed E-state index contributed by atoms with van der Waals surface area (Å²) in [5.74, 6) is 0. The topological polar surface area (TPSA) is 46.2 Å². The lowest BCUT2D eigenvalue weighted by Crippen LogP contribution is -2.24. The fourth-order valence-corrected chi connectivity index (χ4v) is 3.11. The molecule has 1 saturated carbocycles. The van der Waals surface area contributed by atoms with E-state index >= 15 is 0 Å². The molecule has 0 aromatic heterocycles. The summed E-state index contributed by atoms with van der Waals surface area (Å²) in [4.78, 5) is -0.723. The standard InChI is InChI=1S/C13H16F3NO2S/c14-13(15,16)20(18,19)12-8-6-11(7-9-12)17-10-4-2-1-3-5-10/h6-10,17H,1-5H2. The van der Waals surface area contributed by atoms with Gasteiger partial charge in [0.25, 0.3) is 9.84 Å². The maximum atomic E-state index is 12.4. The first-order valence-electron chi connectivity index (χ1n) is 6.49. The number of hydrogen-bond donors (Lipinski definition) is 1. The molecular weight excluding hydrogens is 291 g/mol. The molecule has 0 saturated heterocycles. The Labute approximate surface area is 116 Å². The van der Waals surface area contributed by atoms with Crippen LogP contribution in [0.25, 0.3) is 0 Å². The Morgan fingerprint density at radius 1 is 1.00 bits per heavy atom. The van der Waals surface area contributed by atoms with Crippen molar-refractivity contribution in [3.63, 3.8) is 0 Å². The minimum Gasteiger partial charge on any atom is -0.382 e. The molecule has 0 spiro atoms. The molecule has 20 heavy (non-hydrogen) atoms. The fourth-order valence-electron chi connectivity index (χ4n) is 2.35. The second kappa shape index (κ2) is 5.63. The van der Waals surface area contributed by atoms with Gasteiger partial charge in [-0.1, -0.05) is 19.3 Å². The first-order valence-corrected chi connectivity index (χ1v) is 7.97. The molecule has 0 radical (unpaired) electrons. The zero-order valence-electron chi connectivity index (χ0n) is 10.8. The van der Waals surface area contributed by atoms with Crippen molar-refractivity contribution in [2.45, 2.75) is 48.5 Å². The van der Waals surface area contributed by atoms with Crippen molar-refractivity contribution in [1.29, 1.82) is 0 Å². The molecule has 0 heterocycles. The monoisotopic (exact) mass is 307 g/mol. The highest BCUT2D eigenvalue weighted by atomic mass is 32.2. The van der Waals surface area contributed by atoms with E-state index in [4.69, 9.17) is 0 Å². The van der Waals surface area contributed by atoms with Crippen molar-refractivity contribution < 1.29 is 21.6 Å². The van der Waals surface area contributed by atoms with Gasteiger partial charge in [-0.25, -0.2) is 8.42 Å². The van der Waals surface area contributed by atoms with E-state index in [2.05, 4.69) is 5.32 Å². The lowest BCUT2D eigenvalue weighted by molar-refractivity contribution is -0.0436. The van der Waals surface area contributed by atoms with Gasteiger partial charge in [-0.05, 0) is 37.1 Å². The highest BCUT2D eigenvalue weighted by Gasteiger charge is 2.46. The molecule has 1 aliphatic rings. The van der Waals surface area contributed by atoms with Gasteiger partial charge in [-0.3, -0.25) is 0 Å². The van der Waals surface area contributed by atoms with E-state index in [0.29, 0.717) is 11.7 Å². The third-order valence-electron chi connectivity index (χ3n) is 3.45. The average molecular weight is 307 g/mol. The lowest BCUT2D eigenvalue weighted by Gasteiger charge is -2.23. The summed E-state index contributed by atoms with van der Waals surface area (Å²) >= 11 is 0. The lowest BCUT2D eigenvalue weighted by atomic mass is 9.95. The molecule has 3 nitrogen and oxygen atoms in total. The van der Waals surface area contributed by atoms with Crippen LogP contribution in [0, 0.1) is 0 Å². The molecule has 112 valence electrons. The third kappa shape index (κ3) is 3.26. The van der Waals surface area contributed by atoms with E-state index < -0.39 is 20.2 Å². The van der Waals surface area contributed by atoms with Crippen LogP contribution in [0.5, 0.6) is 0 Å². The molecule has 1 fully saturated rings. The minimum atomic E-state index is -5.26. The molecule has 1 N–H and O–H groups in total. The van der Waals surface area contributed by atoms with Crippen molar-refractivity contribution in [2.75, 3.05) is 5.32 Å². The number of benzene rings is 1. The maximum Gasteiger partial charge on any atom is 0.501 e. The molecule has 0 aliphatic heterocycles. The number of halogens is 3. The van der Waals surface area contributed by atoms with Crippen LogP contribution in [0.15, 0.2) is 29.2 Å². The Balaban J connectivity index is 2.10. The van der Waals surface area contributed by atoms with Crippen LogP contribution in [0.1, 0.15) is 32.1 Å². The summed E-state index contributed by atoms with van der Waals surface area (Å²) in [5.41, 5.74) is -4.61. The summed E-state index contributed by atoms with van der Waals surface area (Å²) in [7, 11) is -5.25. The maximum absolute atomic E-state index is 12.4. The Bertz CT molecular complexity index is 546. The van der Waals surface area contributed by atoms with Gasteiger partial charge in [0.15, 0.2) is 0 Å².